The zero-order valence-corrected chi connectivity index (χ0v) is 40.5. The van der Waals surface area contributed by atoms with Crippen molar-refractivity contribution >= 4 is 41.0 Å². The Bertz CT molecular complexity index is 1370. The van der Waals surface area contributed by atoms with E-state index in [-0.39, 0.29) is 17.7 Å². The number of ether oxygens (including phenoxy) is 1. The van der Waals surface area contributed by atoms with Gasteiger partial charge in [0, 0.05) is 61.2 Å². The first kappa shape index (κ1) is 67.2. The molecule has 0 aliphatic carbocycles. The molecule has 0 fully saturated rings. The molecule has 3 amide bonds. The summed E-state index contributed by atoms with van der Waals surface area (Å²) in [4.78, 5) is 50.2. The number of aromatic nitrogens is 2. The molecule has 0 saturated heterocycles. The molecular formula is C46H88N6O5. The van der Waals surface area contributed by atoms with E-state index in [2.05, 4.69) is 40.1 Å². The number of carbonyl (C=O) groups excluding carboxylic acids is 4. The molecule has 2 aromatic heterocycles. The Morgan fingerprint density at radius 2 is 1.21 bits per heavy atom. The van der Waals surface area contributed by atoms with Crippen molar-refractivity contribution in [2.24, 2.45) is 0 Å². The van der Waals surface area contributed by atoms with Gasteiger partial charge in [-0.15, -0.1) is 0 Å². The van der Waals surface area contributed by atoms with Crippen molar-refractivity contribution in [3.05, 3.63) is 71.8 Å². The first-order valence-electron chi connectivity index (χ1n) is 21.3. The molecule has 0 radical (unpaired) electrons. The van der Waals surface area contributed by atoms with Gasteiger partial charge in [-0.1, -0.05) is 117 Å². The van der Waals surface area contributed by atoms with Crippen LogP contribution in [0.1, 0.15) is 179 Å². The fourth-order valence-corrected chi connectivity index (χ4v) is 3.37. The molecule has 3 rings (SSSR count). The quantitative estimate of drug-likeness (QED) is 0.0858. The number of benzene rings is 1. The van der Waals surface area contributed by atoms with Crippen molar-refractivity contribution < 1.29 is 23.9 Å². The van der Waals surface area contributed by atoms with Crippen LogP contribution in [0.5, 0.6) is 0 Å². The van der Waals surface area contributed by atoms with Crippen molar-refractivity contribution in [1.29, 1.82) is 0 Å². The van der Waals surface area contributed by atoms with Gasteiger partial charge in [-0.25, -0.2) is 9.78 Å². The van der Waals surface area contributed by atoms with E-state index in [1.165, 1.54) is 6.42 Å². The topological polar surface area (TPSA) is 143 Å². The number of urea groups is 1. The SMILES string of the molecule is CC.CC.CC.CC.CC.CC.CC.CCC.CCOCCC(C)(C)NC(=O)Nc1ccc(C(=O)Nc2ccc3nc(C=O)cn3c2)cc1.CN/C=C(\C)C(C)=O. The van der Waals surface area contributed by atoms with E-state index in [1.807, 2.05) is 118 Å². The molecule has 2 heterocycles. The van der Waals surface area contributed by atoms with Crippen LogP contribution in [0.2, 0.25) is 0 Å². The fourth-order valence-electron chi connectivity index (χ4n) is 3.37. The monoisotopic (exact) mass is 805 g/mol. The van der Waals surface area contributed by atoms with Gasteiger partial charge in [-0.05, 0) is 77.4 Å². The second kappa shape index (κ2) is 49.5. The lowest BCUT2D eigenvalue weighted by atomic mass is 10.0. The molecule has 0 aliphatic heterocycles. The molecule has 11 nitrogen and oxygen atoms in total. The third-order valence-electron chi connectivity index (χ3n) is 5.70. The number of anilines is 2. The van der Waals surface area contributed by atoms with Gasteiger partial charge < -0.3 is 30.4 Å². The van der Waals surface area contributed by atoms with Crippen LogP contribution in [-0.4, -0.2) is 59.2 Å². The van der Waals surface area contributed by atoms with E-state index in [0.29, 0.717) is 54.2 Å². The Morgan fingerprint density at radius 1 is 0.737 bits per heavy atom. The first-order chi connectivity index (χ1) is 27.4. The molecule has 0 saturated carbocycles. The average molecular weight is 805 g/mol. The number of nitrogens with one attached hydrogen (secondary N) is 4. The van der Waals surface area contributed by atoms with Gasteiger partial charge >= 0.3 is 6.03 Å². The number of amides is 3. The minimum absolute atomic E-state index is 0.111. The molecule has 0 atom stereocenters. The normalized spacial score (nSPS) is 8.91. The molecule has 1 aromatic carbocycles. The van der Waals surface area contributed by atoms with Crippen LogP contribution in [0.4, 0.5) is 16.2 Å². The van der Waals surface area contributed by atoms with Crippen LogP contribution in [-0.2, 0) is 9.53 Å². The van der Waals surface area contributed by atoms with E-state index >= 15 is 0 Å². The highest BCUT2D eigenvalue weighted by molar-refractivity contribution is 6.04. The summed E-state index contributed by atoms with van der Waals surface area (Å²) in [6.45, 7) is 42.6. The number of hydrogen-bond donors (Lipinski definition) is 4. The van der Waals surface area contributed by atoms with Crippen LogP contribution < -0.4 is 21.3 Å². The maximum atomic E-state index is 12.6. The molecule has 0 bridgehead atoms. The van der Waals surface area contributed by atoms with Crippen LogP contribution >= 0.6 is 0 Å². The molecule has 0 spiro atoms. The summed E-state index contributed by atoms with van der Waals surface area (Å²) in [5.41, 5.74) is 2.84. The first-order valence-corrected chi connectivity index (χ1v) is 21.3. The summed E-state index contributed by atoms with van der Waals surface area (Å²) in [5, 5.41) is 11.3. The number of aldehydes is 1. The number of allylic oxidation sites excluding steroid dienone is 1. The number of imidazole rings is 1. The van der Waals surface area contributed by atoms with E-state index in [4.69, 9.17) is 4.74 Å². The van der Waals surface area contributed by atoms with E-state index in [1.54, 1.807) is 80.3 Å². The van der Waals surface area contributed by atoms with Crippen molar-refractivity contribution in [3.8, 4) is 0 Å². The summed E-state index contributed by atoms with van der Waals surface area (Å²) in [7, 11) is 1.77. The number of fused-ring (bicyclic) bond motifs is 1. The average Bonchev–Trinajstić information content (AvgIpc) is 3.66. The lowest BCUT2D eigenvalue weighted by Crippen LogP contribution is -2.46. The summed E-state index contributed by atoms with van der Waals surface area (Å²) in [6.07, 6.45) is 7.56. The smallest absolute Gasteiger partial charge is 0.319 e. The number of Topliss-reactive ketones (excluding diaryl/α,β-unsaturated/α-hetero) is 1. The zero-order chi connectivity index (χ0) is 46.4. The lowest BCUT2D eigenvalue weighted by molar-refractivity contribution is -0.113. The predicted octanol–water partition coefficient (Wildman–Crippen LogP) is 13.0. The molecule has 3 aromatic rings. The molecule has 11 heteroatoms. The Labute approximate surface area is 350 Å². The lowest BCUT2D eigenvalue weighted by Gasteiger charge is -2.26. The molecular weight excluding hydrogens is 717 g/mol. The standard InChI is InChI=1S/C23H27N5O4.C6H11NO.C3H8.7C2H6/c1-4-32-12-11-23(2,3)27-22(31)26-17-7-5-16(6-8-17)21(30)25-18-9-10-20-24-19(15-29)14-28(20)13-18;1-5(4-7-3)6(2)8;1-3-2;7*1-2/h5-10,13-15H,4,11-12H2,1-3H3,(H,25,30)(H2,26,27,31);4,7H,1-3H3;3H2,1-2H3;7*1-2H3/b;5-4+;;;;;;;;. The molecule has 4 N–H and O–H groups in total. The van der Waals surface area contributed by atoms with Gasteiger partial charge in [0.2, 0.25) is 0 Å². The Hall–Kier alpha value is -4.51. The second-order valence-electron chi connectivity index (χ2n) is 10.3. The summed E-state index contributed by atoms with van der Waals surface area (Å²) >= 11 is 0. The zero-order valence-electron chi connectivity index (χ0n) is 40.5. The number of rotatable bonds is 11. The number of pyridine rings is 1. The van der Waals surface area contributed by atoms with Gasteiger partial charge in [0.15, 0.2) is 12.1 Å². The van der Waals surface area contributed by atoms with E-state index < -0.39 is 5.54 Å². The van der Waals surface area contributed by atoms with Crippen molar-refractivity contribution in [1.82, 2.24) is 20.0 Å². The number of nitrogens with zero attached hydrogens (tertiary/aromatic N) is 2. The number of carbonyl (C=O) groups is 4. The molecule has 57 heavy (non-hydrogen) atoms. The van der Waals surface area contributed by atoms with Gasteiger partial charge in [0.05, 0.1) is 5.69 Å². The highest BCUT2D eigenvalue weighted by atomic mass is 16.5. The van der Waals surface area contributed by atoms with E-state index in [9.17, 15) is 19.2 Å². The van der Waals surface area contributed by atoms with E-state index in [0.717, 1.165) is 5.57 Å². The largest absolute Gasteiger partial charge is 0.394 e. The van der Waals surface area contributed by atoms with Gasteiger partial charge in [-0.2, -0.15) is 0 Å². The maximum absolute atomic E-state index is 12.6. The van der Waals surface area contributed by atoms with Crippen LogP contribution in [0, 0.1) is 0 Å². The Morgan fingerprint density at radius 3 is 1.61 bits per heavy atom. The maximum Gasteiger partial charge on any atom is 0.319 e. The minimum Gasteiger partial charge on any atom is -0.394 e. The summed E-state index contributed by atoms with van der Waals surface area (Å²) < 4.78 is 7.01. The second-order valence-corrected chi connectivity index (χ2v) is 10.3. The highest BCUT2D eigenvalue weighted by Gasteiger charge is 2.20. The fraction of sp³-hybridized carbons (Fsp3) is 0.587. The summed E-state index contributed by atoms with van der Waals surface area (Å²) in [5.74, 6) is -0.188. The molecule has 0 aliphatic rings. The number of hydrogen-bond acceptors (Lipinski definition) is 7. The van der Waals surface area contributed by atoms with Crippen molar-refractivity contribution in [2.75, 3.05) is 30.9 Å². The third-order valence-corrected chi connectivity index (χ3v) is 5.70. The summed E-state index contributed by atoms with van der Waals surface area (Å²) in [6, 6.07) is 9.68. The predicted molar refractivity (Wildman–Crippen MR) is 251 cm³/mol. The van der Waals surface area contributed by atoms with Crippen LogP contribution in [0.3, 0.4) is 0 Å². The van der Waals surface area contributed by atoms with Gasteiger partial charge in [-0.3, -0.25) is 14.4 Å². The highest BCUT2D eigenvalue weighted by Crippen LogP contribution is 2.15. The van der Waals surface area contributed by atoms with Gasteiger partial charge in [0.25, 0.3) is 5.91 Å². The van der Waals surface area contributed by atoms with Crippen LogP contribution in [0.25, 0.3) is 5.65 Å². The number of ketones is 1. The van der Waals surface area contributed by atoms with Crippen LogP contribution in [0.15, 0.2) is 60.6 Å². The van der Waals surface area contributed by atoms with Gasteiger partial charge in [0.1, 0.15) is 11.3 Å². The molecule has 332 valence electrons. The third kappa shape index (κ3) is 36.9. The Kier molecular flexibility index (Phi) is 58.4. The minimum atomic E-state index is -0.415. The Balaban J connectivity index is -0.000000167. The van der Waals surface area contributed by atoms with Crippen molar-refractivity contribution in [2.45, 2.75) is 164 Å². The van der Waals surface area contributed by atoms with Crippen molar-refractivity contribution in [3.63, 3.8) is 0 Å². The molecule has 0 unspecified atom stereocenters.